The van der Waals surface area contributed by atoms with Gasteiger partial charge < -0.3 is 10.6 Å². The van der Waals surface area contributed by atoms with Crippen LogP contribution in [0.15, 0.2) is 54.6 Å². The zero-order valence-electron chi connectivity index (χ0n) is 14.7. The molecule has 2 aliphatic rings. The summed E-state index contributed by atoms with van der Waals surface area (Å²) >= 11 is 0. The van der Waals surface area contributed by atoms with E-state index in [4.69, 9.17) is 0 Å². The minimum atomic E-state index is -0.138. The molecule has 5 nitrogen and oxygen atoms in total. The molecule has 0 bridgehead atoms. The van der Waals surface area contributed by atoms with Crippen LogP contribution in [0.4, 0.5) is 5.69 Å². The van der Waals surface area contributed by atoms with Gasteiger partial charge in [0, 0.05) is 30.4 Å². The molecule has 2 atom stereocenters. The average molecular weight is 349 g/mol. The highest BCUT2D eigenvalue weighted by atomic mass is 16.2. The maximum absolute atomic E-state index is 12.7. The van der Waals surface area contributed by atoms with Crippen molar-refractivity contribution in [1.82, 2.24) is 10.2 Å². The quantitative estimate of drug-likeness (QED) is 0.895. The monoisotopic (exact) mass is 349 g/mol. The van der Waals surface area contributed by atoms with Crippen LogP contribution in [0.25, 0.3) is 0 Å². The van der Waals surface area contributed by atoms with E-state index < -0.39 is 0 Å². The second-order valence-electron chi connectivity index (χ2n) is 7.02. The number of nitrogens with zero attached hydrogens (tertiary/aromatic N) is 1. The molecule has 0 saturated carbocycles. The van der Waals surface area contributed by atoms with Crippen LogP contribution in [0, 0.1) is 0 Å². The third kappa shape index (κ3) is 3.48. The van der Waals surface area contributed by atoms with Crippen molar-refractivity contribution >= 4 is 17.5 Å². The number of para-hydroxylation sites is 1. The molecular weight excluding hydrogens is 326 g/mol. The SMILES string of the molecule is O=C(N[C@@H]1CCN([C@H]2CCc3ccccc3NC2=O)C1)c1ccccc1. The highest BCUT2D eigenvalue weighted by Gasteiger charge is 2.34. The topological polar surface area (TPSA) is 61.4 Å². The normalized spacial score (nSPS) is 23.0. The summed E-state index contributed by atoms with van der Waals surface area (Å²) in [4.78, 5) is 27.2. The van der Waals surface area contributed by atoms with Crippen LogP contribution < -0.4 is 10.6 Å². The number of anilines is 1. The first-order valence-corrected chi connectivity index (χ1v) is 9.19. The Kier molecular flexibility index (Phi) is 4.71. The summed E-state index contributed by atoms with van der Waals surface area (Å²) in [7, 11) is 0. The lowest BCUT2D eigenvalue weighted by Gasteiger charge is -2.25. The van der Waals surface area contributed by atoms with E-state index in [9.17, 15) is 9.59 Å². The van der Waals surface area contributed by atoms with Crippen LogP contribution in [0.2, 0.25) is 0 Å². The summed E-state index contributed by atoms with van der Waals surface area (Å²) in [5.41, 5.74) is 2.79. The van der Waals surface area contributed by atoms with Gasteiger partial charge in [0.25, 0.3) is 5.91 Å². The molecule has 2 N–H and O–H groups in total. The predicted molar refractivity (Wildman–Crippen MR) is 101 cm³/mol. The Hall–Kier alpha value is -2.66. The molecular formula is C21H23N3O2. The molecule has 0 unspecified atom stereocenters. The summed E-state index contributed by atoms with van der Waals surface area (Å²) in [6.07, 6.45) is 2.56. The van der Waals surface area contributed by atoms with Crippen molar-refractivity contribution in [3.05, 3.63) is 65.7 Å². The zero-order valence-corrected chi connectivity index (χ0v) is 14.7. The number of likely N-dealkylation sites (tertiary alicyclic amines) is 1. The van der Waals surface area contributed by atoms with E-state index in [1.54, 1.807) is 0 Å². The molecule has 0 aromatic heterocycles. The maximum atomic E-state index is 12.7. The molecule has 4 rings (SSSR count). The molecule has 1 saturated heterocycles. The second kappa shape index (κ2) is 7.30. The molecule has 2 amide bonds. The predicted octanol–water partition coefficient (Wildman–Crippen LogP) is 2.44. The molecule has 5 heteroatoms. The number of fused-ring (bicyclic) bond motifs is 1. The Labute approximate surface area is 153 Å². The van der Waals surface area contributed by atoms with Gasteiger partial charge in [0.05, 0.1) is 6.04 Å². The second-order valence-corrected chi connectivity index (χ2v) is 7.02. The number of amides is 2. The van der Waals surface area contributed by atoms with E-state index >= 15 is 0 Å². The number of carbonyl (C=O) groups excluding carboxylic acids is 2. The minimum Gasteiger partial charge on any atom is -0.348 e. The number of carbonyl (C=O) groups is 2. The smallest absolute Gasteiger partial charge is 0.251 e. The van der Waals surface area contributed by atoms with Crippen LogP contribution >= 0.6 is 0 Å². The summed E-state index contributed by atoms with van der Waals surface area (Å²) in [6, 6.07) is 17.2. The number of hydrogen-bond acceptors (Lipinski definition) is 3. The van der Waals surface area contributed by atoms with E-state index in [-0.39, 0.29) is 23.9 Å². The van der Waals surface area contributed by atoms with Gasteiger partial charge in [-0.25, -0.2) is 0 Å². The Morgan fingerprint density at radius 3 is 2.65 bits per heavy atom. The van der Waals surface area contributed by atoms with Crippen molar-refractivity contribution in [2.24, 2.45) is 0 Å². The first-order chi connectivity index (χ1) is 12.7. The number of benzene rings is 2. The van der Waals surface area contributed by atoms with Gasteiger partial charge in [0.1, 0.15) is 0 Å². The van der Waals surface area contributed by atoms with Crippen molar-refractivity contribution in [3.63, 3.8) is 0 Å². The molecule has 1 fully saturated rings. The largest absolute Gasteiger partial charge is 0.348 e. The highest BCUT2D eigenvalue weighted by molar-refractivity contribution is 5.96. The number of rotatable bonds is 3. The van der Waals surface area contributed by atoms with Gasteiger partial charge in [-0.2, -0.15) is 0 Å². The highest BCUT2D eigenvalue weighted by Crippen LogP contribution is 2.25. The van der Waals surface area contributed by atoms with E-state index in [2.05, 4.69) is 21.6 Å². The van der Waals surface area contributed by atoms with Gasteiger partial charge in [-0.05, 0) is 43.0 Å². The van der Waals surface area contributed by atoms with Crippen molar-refractivity contribution in [1.29, 1.82) is 0 Å². The number of nitrogens with one attached hydrogen (secondary N) is 2. The first-order valence-electron chi connectivity index (χ1n) is 9.19. The van der Waals surface area contributed by atoms with Crippen LogP contribution in [0.3, 0.4) is 0 Å². The molecule has 0 aliphatic carbocycles. The van der Waals surface area contributed by atoms with Crippen LogP contribution in [0.5, 0.6) is 0 Å². The minimum absolute atomic E-state index is 0.0461. The summed E-state index contributed by atoms with van der Waals surface area (Å²) < 4.78 is 0. The fourth-order valence-electron chi connectivity index (χ4n) is 3.89. The van der Waals surface area contributed by atoms with Crippen molar-refractivity contribution in [2.75, 3.05) is 18.4 Å². The molecule has 2 aromatic rings. The van der Waals surface area contributed by atoms with Gasteiger partial charge in [0.2, 0.25) is 5.91 Å². The van der Waals surface area contributed by atoms with Crippen molar-refractivity contribution in [3.8, 4) is 0 Å². The Balaban J connectivity index is 1.38. The first kappa shape index (κ1) is 16.8. The van der Waals surface area contributed by atoms with Crippen LogP contribution in [-0.2, 0) is 11.2 Å². The lowest BCUT2D eigenvalue weighted by molar-refractivity contribution is -0.121. The average Bonchev–Trinajstić information content (AvgIpc) is 3.04. The third-order valence-electron chi connectivity index (χ3n) is 5.30. The van der Waals surface area contributed by atoms with Gasteiger partial charge >= 0.3 is 0 Å². The Morgan fingerprint density at radius 1 is 1.04 bits per heavy atom. The molecule has 26 heavy (non-hydrogen) atoms. The Bertz CT molecular complexity index is 806. The lowest BCUT2D eigenvalue weighted by Crippen LogP contribution is -2.44. The van der Waals surface area contributed by atoms with E-state index in [0.29, 0.717) is 12.1 Å². The standard InChI is InChI=1S/C21H23N3O2/c25-20(16-7-2-1-3-8-16)22-17-12-13-24(14-17)19-11-10-15-6-4-5-9-18(15)23-21(19)26/h1-9,17,19H,10-14H2,(H,22,25)(H,23,26)/t17-,19+/m1/s1. The van der Waals surface area contributed by atoms with Gasteiger partial charge in [-0.1, -0.05) is 36.4 Å². The summed E-state index contributed by atoms with van der Waals surface area (Å²) in [5.74, 6) is 0.0140. The molecule has 2 heterocycles. The van der Waals surface area contributed by atoms with E-state index in [1.165, 1.54) is 5.56 Å². The number of hydrogen-bond donors (Lipinski definition) is 2. The molecule has 0 radical (unpaired) electrons. The fraction of sp³-hybridized carbons (Fsp3) is 0.333. The maximum Gasteiger partial charge on any atom is 0.251 e. The Morgan fingerprint density at radius 2 is 1.81 bits per heavy atom. The van der Waals surface area contributed by atoms with Crippen LogP contribution in [0.1, 0.15) is 28.8 Å². The van der Waals surface area contributed by atoms with Crippen molar-refractivity contribution in [2.45, 2.75) is 31.3 Å². The lowest BCUT2D eigenvalue weighted by atomic mass is 10.1. The summed E-state index contributed by atoms with van der Waals surface area (Å²) in [6.45, 7) is 1.54. The van der Waals surface area contributed by atoms with E-state index in [0.717, 1.165) is 31.5 Å². The number of aryl methyl sites for hydroxylation is 1. The van der Waals surface area contributed by atoms with Gasteiger partial charge in [-0.3, -0.25) is 14.5 Å². The van der Waals surface area contributed by atoms with E-state index in [1.807, 2.05) is 48.5 Å². The molecule has 2 aromatic carbocycles. The fourth-order valence-corrected chi connectivity index (χ4v) is 3.89. The molecule has 0 spiro atoms. The van der Waals surface area contributed by atoms with Gasteiger partial charge in [0.15, 0.2) is 0 Å². The zero-order chi connectivity index (χ0) is 17.9. The van der Waals surface area contributed by atoms with Crippen molar-refractivity contribution < 1.29 is 9.59 Å². The third-order valence-corrected chi connectivity index (χ3v) is 5.30. The summed E-state index contributed by atoms with van der Waals surface area (Å²) in [5, 5.41) is 6.16. The molecule has 2 aliphatic heterocycles. The van der Waals surface area contributed by atoms with Gasteiger partial charge in [-0.15, -0.1) is 0 Å². The molecule has 134 valence electrons. The van der Waals surface area contributed by atoms with Crippen LogP contribution in [-0.4, -0.2) is 41.9 Å².